The van der Waals surface area contributed by atoms with Crippen LogP contribution < -0.4 is 5.32 Å². The van der Waals surface area contributed by atoms with Crippen molar-refractivity contribution in [1.29, 1.82) is 5.26 Å². The lowest BCUT2D eigenvalue weighted by molar-refractivity contribution is -0.117. The van der Waals surface area contributed by atoms with E-state index >= 15 is 0 Å². The van der Waals surface area contributed by atoms with Crippen LogP contribution in [0.15, 0.2) is 29.8 Å². The minimum atomic E-state index is -3.09. The Morgan fingerprint density at radius 3 is 2.81 bits per heavy atom. The van der Waals surface area contributed by atoms with E-state index in [4.69, 9.17) is 5.26 Å². The van der Waals surface area contributed by atoms with Crippen molar-refractivity contribution >= 4 is 21.8 Å². The largest absolute Gasteiger partial charge is 0.508 e. The maximum atomic E-state index is 12.0. The van der Waals surface area contributed by atoms with Crippen LogP contribution >= 0.6 is 0 Å². The van der Waals surface area contributed by atoms with E-state index in [1.54, 1.807) is 18.2 Å². The van der Waals surface area contributed by atoms with Gasteiger partial charge >= 0.3 is 0 Å². The van der Waals surface area contributed by atoms with E-state index in [0.717, 1.165) is 0 Å². The van der Waals surface area contributed by atoms with Gasteiger partial charge in [0.15, 0.2) is 9.84 Å². The van der Waals surface area contributed by atoms with Gasteiger partial charge in [-0.05, 0) is 30.2 Å². The Morgan fingerprint density at radius 2 is 2.24 bits per heavy atom. The van der Waals surface area contributed by atoms with Gasteiger partial charge in [0.1, 0.15) is 17.4 Å². The average molecular weight is 306 g/mol. The highest BCUT2D eigenvalue weighted by Crippen LogP contribution is 2.15. The lowest BCUT2D eigenvalue weighted by Gasteiger charge is -2.09. The first-order chi connectivity index (χ1) is 9.89. The molecule has 21 heavy (non-hydrogen) atoms. The van der Waals surface area contributed by atoms with Crippen LogP contribution in [0, 0.1) is 11.3 Å². The van der Waals surface area contributed by atoms with Gasteiger partial charge in [-0.3, -0.25) is 4.79 Å². The molecule has 1 aliphatic heterocycles. The lowest BCUT2D eigenvalue weighted by Crippen LogP contribution is -2.36. The maximum absolute atomic E-state index is 12.0. The smallest absolute Gasteiger partial charge is 0.262 e. The fourth-order valence-corrected chi connectivity index (χ4v) is 3.78. The van der Waals surface area contributed by atoms with Crippen molar-refractivity contribution in [2.24, 2.45) is 0 Å². The highest BCUT2D eigenvalue weighted by Gasteiger charge is 2.29. The Kier molecular flexibility index (Phi) is 4.29. The van der Waals surface area contributed by atoms with Crippen LogP contribution in [0.3, 0.4) is 0 Å². The number of carbonyl (C=O) groups excluding carboxylic acids is 1. The first-order valence-electron chi connectivity index (χ1n) is 6.32. The fraction of sp³-hybridized carbons (Fsp3) is 0.286. The molecular weight excluding hydrogens is 292 g/mol. The van der Waals surface area contributed by atoms with E-state index in [2.05, 4.69) is 5.32 Å². The molecule has 1 atom stereocenters. The minimum Gasteiger partial charge on any atom is -0.508 e. The molecule has 1 saturated heterocycles. The summed E-state index contributed by atoms with van der Waals surface area (Å²) in [6.45, 7) is 0. The van der Waals surface area contributed by atoms with Gasteiger partial charge in [0.2, 0.25) is 0 Å². The number of amides is 1. The van der Waals surface area contributed by atoms with Crippen LogP contribution in [-0.4, -0.2) is 37.0 Å². The van der Waals surface area contributed by atoms with Crippen LogP contribution in [0.4, 0.5) is 0 Å². The van der Waals surface area contributed by atoms with E-state index in [0.29, 0.717) is 12.0 Å². The zero-order chi connectivity index (χ0) is 15.5. The third-order valence-corrected chi connectivity index (χ3v) is 4.88. The molecule has 0 aliphatic carbocycles. The molecule has 1 amide bonds. The predicted molar refractivity (Wildman–Crippen MR) is 76.9 cm³/mol. The third-order valence-electron chi connectivity index (χ3n) is 3.11. The molecule has 1 aromatic rings. The number of hydrogen-bond donors (Lipinski definition) is 2. The van der Waals surface area contributed by atoms with Crippen LogP contribution in [0.5, 0.6) is 5.75 Å². The molecule has 0 spiro atoms. The second kappa shape index (κ2) is 5.97. The van der Waals surface area contributed by atoms with Gasteiger partial charge < -0.3 is 10.4 Å². The Hall–Kier alpha value is -2.33. The first-order valence-corrected chi connectivity index (χ1v) is 8.14. The van der Waals surface area contributed by atoms with E-state index in [1.165, 1.54) is 18.2 Å². The molecule has 0 bridgehead atoms. The average Bonchev–Trinajstić information content (AvgIpc) is 2.75. The molecule has 0 aromatic heterocycles. The van der Waals surface area contributed by atoms with E-state index in [1.807, 2.05) is 0 Å². The molecule has 1 aliphatic rings. The van der Waals surface area contributed by atoms with Crippen LogP contribution in [0.25, 0.3) is 6.08 Å². The first kappa shape index (κ1) is 15.1. The molecule has 7 heteroatoms. The summed E-state index contributed by atoms with van der Waals surface area (Å²) < 4.78 is 22.7. The summed E-state index contributed by atoms with van der Waals surface area (Å²) in [5, 5.41) is 20.9. The molecule has 2 N–H and O–H groups in total. The standard InChI is InChI=1S/C14H14N2O4S/c15-8-11(6-10-2-1-3-13(17)7-10)14(18)16-12-4-5-21(19,20)9-12/h1-3,6-7,12,17H,4-5,9H2,(H,16,18)/b11-6+. The van der Waals surface area contributed by atoms with Gasteiger partial charge in [0.25, 0.3) is 5.91 Å². The molecule has 1 unspecified atom stereocenters. The Morgan fingerprint density at radius 1 is 1.48 bits per heavy atom. The predicted octanol–water partition coefficient (Wildman–Crippen LogP) is 0.602. The third kappa shape index (κ3) is 4.07. The molecule has 1 heterocycles. The number of aromatic hydroxyl groups is 1. The van der Waals surface area contributed by atoms with Gasteiger partial charge in [-0.1, -0.05) is 12.1 Å². The number of hydrogen-bond acceptors (Lipinski definition) is 5. The Labute approximate surface area is 122 Å². The highest BCUT2D eigenvalue weighted by molar-refractivity contribution is 7.91. The van der Waals surface area contributed by atoms with Crippen molar-refractivity contribution < 1.29 is 18.3 Å². The molecule has 1 fully saturated rings. The summed E-state index contributed by atoms with van der Waals surface area (Å²) in [7, 11) is -3.09. The summed E-state index contributed by atoms with van der Waals surface area (Å²) >= 11 is 0. The van der Waals surface area contributed by atoms with Gasteiger partial charge in [-0.15, -0.1) is 0 Å². The number of nitriles is 1. The topological polar surface area (TPSA) is 107 Å². The van der Waals surface area contributed by atoms with Gasteiger partial charge in [0.05, 0.1) is 11.5 Å². The van der Waals surface area contributed by atoms with Crippen LogP contribution in [-0.2, 0) is 14.6 Å². The fourth-order valence-electron chi connectivity index (χ4n) is 2.10. The molecule has 2 rings (SSSR count). The number of nitrogens with zero attached hydrogens (tertiary/aromatic N) is 1. The summed E-state index contributed by atoms with van der Waals surface area (Å²) in [4.78, 5) is 12.0. The van der Waals surface area contributed by atoms with Gasteiger partial charge in [-0.25, -0.2) is 8.42 Å². The second-order valence-corrected chi connectivity index (χ2v) is 7.07. The zero-order valence-corrected chi connectivity index (χ0v) is 11.9. The van der Waals surface area contributed by atoms with E-state index in [-0.39, 0.29) is 22.8 Å². The molecule has 1 aromatic carbocycles. The number of phenols is 1. The normalized spacial score (nSPS) is 20.7. The number of sulfone groups is 1. The number of carbonyl (C=O) groups is 1. The number of nitrogens with one attached hydrogen (secondary N) is 1. The number of rotatable bonds is 3. The van der Waals surface area contributed by atoms with Gasteiger partial charge in [-0.2, -0.15) is 5.26 Å². The quantitative estimate of drug-likeness (QED) is 0.628. The summed E-state index contributed by atoms with van der Waals surface area (Å²) in [6, 6.07) is 7.47. The number of benzene rings is 1. The molecule has 0 saturated carbocycles. The SMILES string of the molecule is N#C/C(=C\c1cccc(O)c1)C(=O)NC1CCS(=O)(=O)C1. The molecular formula is C14H14N2O4S. The van der Waals surface area contributed by atoms with Crippen molar-refractivity contribution in [3.05, 3.63) is 35.4 Å². The van der Waals surface area contributed by atoms with E-state index < -0.39 is 21.8 Å². The van der Waals surface area contributed by atoms with Crippen LogP contribution in [0.2, 0.25) is 0 Å². The molecule has 0 radical (unpaired) electrons. The minimum absolute atomic E-state index is 0.0309. The zero-order valence-electron chi connectivity index (χ0n) is 11.1. The highest BCUT2D eigenvalue weighted by atomic mass is 32.2. The van der Waals surface area contributed by atoms with Crippen molar-refractivity contribution in [2.45, 2.75) is 12.5 Å². The van der Waals surface area contributed by atoms with Gasteiger partial charge in [0, 0.05) is 6.04 Å². The van der Waals surface area contributed by atoms with E-state index in [9.17, 15) is 18.3 Å². The summed E-state index contributed by atoms with van der Waals surface area (Å²) in [5.41, 5.74) is 0.380. The number of phenolic OH excluding ortho intramolecular Hbond substituents is 1. The van der Waals surface area contributed by atoms with Crippen molar-refractivity contribution in [3.63, 3.8) is 0 Å². The Balaban J connectivity index is 2.11. The summed E-state index contributed by atoms with van der Waals surface area (Å²) in [6.07, 6.45) is 1.71. The second-order valence-electron chi connectivity index (χ2n) is 4.84. The maximum Gasteiger partial charge on any atom is 0.262 e. The summed E-state index contributed by atoms with van der Waals surface area (Å²) in [5.74, 6) is -0.620. The van der Waals surface area contributed by atoms with Crippen molar-refractivity contribution in [3.8, 4) is 11.8 Å². The van der Waals surface area contributed by atoms with Crippen LogP contribution in [0.1, 0.15) is 12.0 Å². The molecule has 6 nitrogen and oxygen atoms in total. The molecule has 110 valence electrons. The monoisotopic (exact) mass is 306 g/mol. The lowest BCUT2D eigenvalue weighted by atomic mass is 10.1. The Bertz CT molecular complexity index is 732. The van der Waals surface area contributed by atoms with Crippen molar-refractivity contribution in [1.82, 2.24) is 5.32 Å². The van der Waals surface area contributed by atoms with Crippen molar-refractivity contribution in [2.75, 3.05) is 11.5 Å².